The Labute approximate surface area is 151 Å². The minimum atomic E-state index is -0.581. The van der Waals surface area contributed by atoms with E-state index in [1.54, 1.807) is 18.0 Å². The normalized spacial score (nSPS) is 10.5. The fourth-order valence-electron chi connectivity index (χ4n) is 2.08. The van der Waals surface area contributed by atoms with E-state index >= 15 is 0 Å². The van der Waals surface area contributed by atoms with Crippen LogP contribution in [0.2, 0.25) is 0 Å². The van der Waals surface area contributed by atoms with Crippen LogP contribution in [-0.2, 0) is 0 Å². The molecule has 0 saturated carbocycles. The molecule has 3 N–H and O–H groups in total. The molecule has 0 aliphatic heterocycles. The van der Waals surface area contributed by atoms with E-state index in [0.717, 1.165) is 6.54 Å². The summed E-state index contributed by atoms with van der Waals surface area (Å²) in [5, 5.41) is 15.1. The number of rotatable bonds is 6. The monoisotopic (exact) mass is 358 g/mol. The molecule has 0 aliphatic carbocycles. The average molecular weight is 358 g/mol. The number of nitrogens with zero attached hydrogens (tertiary/aromatic N) is 4. The number of urea groups is 1. The quantitative estimate of drug-likeness (QED) is 0.674. The summed E-state index contributed by atoms with van der Waals surface area (Å²) in [4.78, 5) is 35.6. The molecule has 0 bridgehead atoms. The SMILES string of the molecule is CN(C)CCN(C)C(=O)c1ccc(NC(=O)Nc2cnccn2)c(O)c1. The molecule has 0 fully saturated rings. The van der Waals surface area contributed by atoms with E-state index in [9.17, 15) is 14.7 Å². The molecule has 9 heteroatoms. The first-order valence-electron chi connectivity index (χ1n) is 7.94. The van der Waals surface area contributed by atoms with Crippen molar-refractivity contribution in [3.8, 4) is 5.75 Å². The van der Waals surface area contributed by atoms with Crippen LogP contribution in [0.25, 0.3) is 0 Å². The van der Waals surface area contributed by atoms with E-state index in [-0.39, 0.29) is 23.2 Å². The number of carbonyl (C=O) groups is 2. The summed E-state index contributed by atoms with van der Waals surface area (Å²) in [6.45, 7) is 1.30. The minimum Gasteiger partial charge on any atom is -0.506 e. The van der Waals surface area contributed by atoms with Gasteiger partial charge in [-0.2, -0.15) is 0 Å². The van der Waals surface area contributed by atoms with Crippen molar-refractivity contribution < 1.29 is 14.7 Å². The molecule has 0 saturated heterocycles. The number of phenolic OH excluding ortho intramolecular Hbond substituents is 1. The smallest absolute Gasteiger partial charge is 0.324 e. The van der Waals surface area contributed by atoms with Crippen molar-refractivity contribution in [1.29, 1.82) is 0 Å². The molecule has 0 radical (unpaired) electrons. The van der Waals surface area contributed by atoms with Gasteiger partial charge in [0.1, 0.15) is 5.75 Å². The summed E-state index contributed by atoms with van der Waals surface area (Å²) in [5.74, 6) is -0.136. The topological polar surface area (TPSA) is 111 Å². The zero-order valence-electron chi connectivity index (χ0n) is 14.9. The summed E-state index contributed by atoms with van der Waals surface area (Å²) in [6.07, 6.45) is 4.32. The average Bonchev–Trinajstić information content (AvgIpc) is 2.61. The molecule has 26 heavy (non-hydrogen) atoms. The number of anilines is 2. The van der Waals surface area contributed by atoms with Crippen LogP contribution in [0.4, 0.5) is 16.3 Å². The van der Waals surface area contributed by atoms with E-state index in [1.165, 1.54) is 30.7 Å². The van der Waals surface area contributed by atoms with Gasteiger partial charge in [-0.3, -0.25) is 15.1 Å². The van der Waals surface area contributed by atoms with Gasteiger partial charge in [-0.25, -0.2) is 9.78 Å². The van der Waals surface area contributed by atoms with Crippen molar-refractivity contribution in [2.24, 2.45) is 0 Å². The van der Waals surface area contributed by atoms with Crippen molar-refractivity contribution in [1.82, 2.24) is 19.8 Å². The highest BCUT2D eigenvalue weighted by molar-refractivity contribution is 6.01. The molecule has 0 atom stereocenters. The number of hydrogen-bond donors (Lipinski definition) is 3. The second kappa shape index (κ2) is 8.77. The fraction of sp³-hybridized carbons (Fsp3) is 0.294. The van der Waals surface area contributed by atoms with Crippen LogP contribution in [0.5, 0.6) is 5.75 Å². The van der Waals surface area contributed by atoms with Crippen LogP contribution in [0.1, 0.15) is 10.4 Å². The predicted molar refractivity (Wildman–Crippen MR) is 98.3 cm³/mol. The van der Waals surface area contributed by atoms with Crippen LogP contribution in [0.15, 0.2) is 36.8 Å². The van der Waals surface area contributed by atoms with E-state index in [4.69, 9.17) is 0 Å². The number of aromatic hydroxyl groups is 1. The summed E-state index contributed by atoms with van der Waals surface area (Å²) >= 11 is 0. The Morgan fingerprint density at radius 3 is 2.50 bits per heavy atom. The number of amides is 3. The zero-order valence-corrected chi connectivity index (χ0v) is 14.9. The summed E-state index contributed by atoms with van der Waals surface area (Å²) in [6, 6.07) is 3.76. The Kier molecular flexibility index (Phi) is 6.45. The number of nitrogens with one attached hydrogen (secondary N) is 2. The molecule has 9 nitrogen and oxygen atoms in total. The second-order valence-corrected chi connectivity index (χ2v) is 5.93. The van der Waals surface area contributed by atoms with Crippen molar-refractivity contribution >= 4 is 23.4 Å². The minimum absolute atomic E-state index is 0.180. The lowest BCUT2D eigenvalue weighted by Gasteiger charge is -2.20. The molecular weight excluding hydrogens is 336 g/mol. The van der Waals surface area contributed by atoms with Gasteiger partial charge in [0.2, 0.25) is 0 Å². The van der Waals surface area contributed by atoms with Crippen molar-refractivity contribution in [3.63, 3.8) is 0 Å². The predicted octanol–water partition coefficient (Wildman–Crippen LogP) is 1.46. The Balaban J connectivity index is 2.00. The van der Waals surface area contributed by atoms with Gasteiger partial charge in [0.05, 0.1) is 11.9 Å². The third kappa shape index (κ3) is 5.42. The van der Waals surface area contributed by atoms with Crippen molar-refractivity contribution in [2.75, 3.05) is 44.9 Å². The molecule has 1 aromatic heterocycles. The summed E-state index contributed by atoms with van der Waals surface area (Å²) in [7, 11) is 5.55. The Morgan fingerprint density at radius 2 is 1.88 bits per heavy atom. The van der Waals surface area contributed by atoms with Gasteiger partial charge in [0.25, 0.3) is 5.91 Å². The lowest BCUT2D eigenvalue weighted by atomic mass is 10.1. The first kappa shape index (κ1) is 19.1. The van der Waals surface area contributed by atoms with Crippen LogP contribution in [0.3, 0.4) is 0 Å². The van der Waals surface area contributed by atoms with Crippen LogP contribution in [0, 0.1) is 0 Å². The van der Waals surface area contributed by atoms with Crippen molar-refractivity contribution in [3.05, 3.63) is 42.4 Å². The van der Waals surface area contributed by atoms with Gasteiger partial charge in [0, 0.05) is 38.1 Å². The van der Waals surface area contributed by atoms with E-state index in [2.05, 4.69) is 20.6 Å². The van der Waals surface area contributed by atoms with E-state index < -0.39 is 6.03 Å². The van der Waals surface area contributed by atoms with Gasteiger partial charge >= 0.3 is 6.03 Å². The highest BCUT2D eigenvalue weighted by Crippen LogP contribution is 2.25. The Morgan fingerprint density at radius 1 is 1.12 bits per heavy atom. The lowest BCUT2D eigenvalue weighted by molar-refractivity contribution is 0.0786. The molecule has 0 unspecified atom stereocenters. The fourth-order valence-corrected chi connectivity index (χ4v) is 2.08. The maximum atomic E-state index is 12.4. The summed E-state index contributed by atoms with van der Waals surface area (Å²) < 4.78 is 0. The number of phenols is 1. The first-order chi connectivity index (χ1) is 12.4. The molecule has 0 spiro atoms. The number of carbonyl (C=O) groups excluding carboxylic acids is 2. The highest BCUT2D eigenvalue weighted by Gasteiger charge is 2.15. The number of aromatic nitrogens is 2. The van der Waals surface area contributed by atoms with Gasteiger partial charge in [-0.15, -0.1) is 0 Å². The molecule has 0 aliphatic rings. The van der Waals surface area contributed by atoms with Gasteiger partial charge < -0.3 is 20.2 Å². The summed E-state index contributed by atoms with van der Waals surface area (Å²) in [5.41, 5.74) is 0.516. The maximum Gasteiger partial charge on any atom is 0.324 e. The lowest BCUT2D eigenvalue weighted by Crippen LogP contribution is -2.33. The standard InChI is InChI=1S/C17H22N6O3/c1-22(2)8-9-23(3)16(25)12-4-5-13(14(24)10-12)20-17(26)21-15-11-18-6-7-19-15/h4-7,10-11,24H,8-9H2,1-3H3,(H2,19,20,21,26). The molecule has 1 heterocycles. The molecule has 1 aromatic carbocycles. The van der Waals surface area contributed by atoms with Gasteiger partial charge in [-0.05, 0) is 32.3 Å². The van der Waals surface area contributed by atoms with Crippen LogP contribution < -0.4 is 10.6 Å². The first-order valence-corrected chi connectivity index (χ1v) is 7.94. The third-order valence-electron chi connectivity index (χ3n) is 3.53. The Bertz CT molecular complexity index is 766. The second-order valence-electron chi connectivity index (χ2n) is 5.93. The third-order valence-corrected chi connectivity index (χ3v) is 3.53. The number of likely N-dealkylation sites (N-methyl/N-ethyl adjacent to an activating group) is 2. The van der Waals surface area contributed by atoms with Gasteiger partial charge in [0.15, 0.2) is 5.82 Å². The maximum absolute atomic E-state index is 12.4. The molecule has 138 valence electrons. The molecule has 2 aromatic rings. The van der Waals surface area contributed by atoms with Crippen LogP contribution >= 0.6 is 0 Å². The number of hydrogen-bond acceptors (Lipinski definition) is 6. The van der Waals surface area contributed by atoms with Crippen LogP contribution in [-0.4, -0.2) is 71.0 Å². The Hall–Kier alpha value is -3.20. The molecule has 2 rings (SSSR count). The van der Waals surface area contributed by atoms with E-state index in [1.807, 2.05) is 19.0 Å². The number of benzene rings is 1. The zero-order chi connectivity index (χ0) is 19.1. The van der Waals surface area contributed by atoms with Gasteiger partial charge in [-0.1, -0.05) is 0 Å². The van der Waals surface area contributed by atoms with E-state index in [0.29, 0.717) is 12.1 Å². The molecular formula is C17H22N6O3. The molecule has 3 amide bonds. The van der Waals surface area contributed by atoms with Crippen molar-refractivity contribution in [2.45, 2.75) is 0 Å². The highest BCUT2D eigenvalue weighted by atomic mass is 16.3. The largest absolute Gasteiger partial charge is 0.506 e.